The summed E-state index contributed by atoms with van der Waals surface area (Å²) in [5.74, 6) is 1.36. The van der Waals surface area contributed by atoms with Crippen LogP contribution in [0.3, 0.4) is 0 Å². The summed E-state index contributed by atoms with van der Waals surface area (Å²) in [5.41, 5.74) is 2.00. The van der Waals surface area contributed by atoms with Gasteiger partial charge in [0.2, 0.25) is 0 Å². The molecule has 16 heavy (non-hydrogen) atoms. The van der Waals surface area contributed by atoms with E-state index in [-0.39, 0.29) is 5.97 Å². The van der Waals surface area contributed by atoms with Gasteiger partial charge < -0.3 is 4.74 Å². The second kappa shape index (κ2) is 4.69. The maximum absolute atomic E-state index is 11.3. The van der Waals surface area contributed by atoms with Crippen LogP contribution in [-0.2, 0) is 4.74 Å². The summed E-state index contributed by atoms with van der Waals surface area (Å²) in [6.07, 6.45) is 3.89. The van der Waals surface area contributed by atoms with E-state index in [1.807, 2.05) is 12.1 Å². The molecular formula is C14H18O2. The molecule has 1 aliphatic rings. The molecule has 2 nitrogen and oxygen atoms in total. The van der Waals surface area contributed by atoms with Gasteiger partial charge in [-0.25, -0.2) is 4.79 Å². The first-order valence-electron chi connectivity index (χ1n) is 5.92. The van der Waals surface area contributed by atoms with E-state index in [0.29, 0.717) is 11.5 Å². The molecule has 0 spiro atoms. The number of rotatable bonds is 3. The highest BCUT2D eigenvalue weighted by Crippen LogP contribution is 2.42. The molecule has 0 aliphatic heterocycles. The summed E-state index contributed by atoms with van der Waals surface area (Å²) in [6.45, 7) is 2.25. The Balaban J connectivity index is 2.01. The summed E-state index contributed by atoms with van der Waals surface area (Å²) in [7, 11) is 1.41. The molecule has 1 aliphatic carbocycles. The Kier molecular flexibility index (Phi) is 3.28. The highest BCUT2D eigenvalue weighted by molar-refractivity contribution is 5.89. The number of ether oxygens (including phenoxy) is 1. The number of esters is 1. The molecule has 0 saturated heterocycles. The molecule has 2 heteroatoms. The van der Waals surface area contributed by atoms with Crippen LogP contribution < -0.4 is 0 Å². The molecule has 0 radical (unpaired) electrons. The van der Waals surface area contributed by atoms with E-state index in [2.05, 4.69) is 23.8 Å². The van der Waals surface area contributed by atoms with Crippen molar-refractivity contribution in [1.82, 2.24) is 0 Å². The first-order valence-corrected chi connectivity index (χ1v) is 5.92. The van der Waals surface area contributed by atoms with Gasteiger partial charge in [0, 0.05) is 0 Å². The maximum atomic E-state index is 11.3. The van der Waals surface area contributed by atoms with E-state index in [4.69, 9.17) is 0 Å². The van der Waals surface area contributed by atoms with Gasteiger partial charge in [-0.15, -0.1) is 0 Å². The number of hydrogen-bond acceptors (Lipinski definition) is 2. The van der Waals surface area contributed by atoms with Crippen molar-refractivity contribution in [2.24, 2.45) is 5.92 Å². The standard InChI is InChI=1S/C14H18O2/c1-3-10-8-13(9-10)11-4-6-12(7-5-11)14(15)16-2/h4-7,10,13H,3,8-9H2,1-2H3. The van der Waals surface area contributed by atoms with E-state index in [0.717, 1.165) is 5.92 Å². The van der Waals surface area contributed by atoms with E-state index < -0.39 is 0 Å². The molecule has 0 atom stereocenters. The summed E-state index contributed by atoms with van der Waals surface area (Å²) in [6, 6.07) is 7.84. The molecular weight excluding hydrogens is 200 g/mol. The average molecular weight is 218 g/mol. The van der Waals surface area contributed by atoms with Crippen molar-refractivity contribution >= 4 is 5.97 Å². The van der Waals surface area contributed by atoms with Crippen LogP contribution in [0.15, 0.2) is 24.3 Å². The molecule has 2 rings (SSSR count). The van der Waals surface area contributed by atoms with E-state index in [1.165, 1.54) is 31.9 Å². The van der Waals surface area contributed by atoms with Crippen molar-refractivity contribution in [2.45, 2.75) is 32.1 Å². The second-order valence-corrected chi connectivity index (χ2v) is 4.56. The molecule has 0 N–H and O–H groups in total. The van der Waals surface area contributed by atoms with Crippen LogP contribution in [0.1, 0.15) is 48.0 Å². The number of methoxy groups -OCH3 is 1. The summed E-state index contributed by atoms with van der Waals surface area (Å²) < 4.78 is 4.67. The first kappa shape index (κ1) is 11.2. The fourth-order valence-corrected chi connectivity index (χ4v) is 2.35. The topological polar surface area (TPSA) is 26.3 Å². The van der Waals surface area contributed by atoms with Gasteiger partial charge in [-0.1, -0.05) is 25.5 Å². The van der Waals surface area contributed by atoms with Gasteiger partial charge in [0.1, 0.15) is 0 Å². The number of carbonyl (C=O) groups excluding carboxylic acids is 1. The van der Waals surface area contributed by atoms with Gasteiger partial charge >= 0.3 is 5.97 Å². The normalized spacial score (nSPS) is 23.6. The summed E-state index contributed by atoms with van der Waals surface area (Å²) in [5, 5.41) is 0. The quantitative estimate of drug-likeness (QED) is 0.727. The monoisotopic (exact) mass is 218 g/mol. The van der Waals surface area contributed by atoms with Gasteiger partial charge in [-0.3, -0.25) is 0 Å². The number of hydrogen-bond donors (Lipinski definition) is 0. The molecule has 0 bridgehead atoms. The Labute approximate surface area is 96.6 Å². The molecule has 0 amide bonds. The fourth-order valence-electron chi connectivity index (χ4n) is 2.35. The highest BCUT2D eigenvalue weighted by atomic mass is 16.5. The minimum Gasteiger partial charge on any atom is -0.465 e. The van der Waals surface area contributed by atoms with E-state index >= 15 is 0 Å². The molecule has 1 aromatic carbocycles. The second-order valence-electron chi connectivity index (χ2n) is 4.56. The molecule has 1 fully saturated rings. The van der Waals surface area contributed by atoms with Crippen molar-refractivity contribution in [2.75, 3.05) is 7.11 Å². The van der Waals surface area contributed by atoms with Gasteiger partial charge in [0.25, 0.3) is 0 Å². The zero-order valence-electron chi connectivity index (χ0n) is 9.90. The van der Waals surface area contributed by atoms with E-state index in [9.17, 15) is 4.79 Å². The van der Waals surface area contributed by atoms with Crippen LogP contribution in [0.4, 0.5) is 0 Å². The lowest BCUT2D eigenvalue weighted by Crippen LogP contribution is -2.21. The van der Waals surface area contributed by atoms with Crippen LogP contribution in [0.25, 0.3) is 0 Å². The smallest absolute Gasteiger partial charge is 0.337 e. The third-order valence-corrected chi connectivity index (χ3v) is 3.62. The molecule has 86 valence electrons. The van der Waals surface area contributed by atoms with Gasteiger partial charge in [-0.2, -0.15) is 0 Å². The lowest BCUT2D eigenvalue weighted by Gasteiger charge is -2.35. The van der Waals surface area contributed by atoms with Crippen molar-refractivity contribution in [3.63, 3.8) is 0 Å². The van der Waals surface area contributed by atoms with Crippen LogP contribution >= 0.6 is 0 Å². The van der Waals surface area contributed by atoms with Crippen molar-refractivity contribution in [3.8, 4) is 0 Å². The Hall–Kier alpha value is -1.31. The number of carbonyl (C=O) groups is 1. The van der Waals surface area contributed by atoms with Crippen molar-refractivity contribution in [1.29, 1.82) is 0 Å². The minimum atomic E-state index is -0.258. The number of benzene rings is 1. The minimum absolute atomic E-state index is 0.258. The third kappa shape index (κ3) is 2.11. The zero-order valence-corrected chi connectivity index (χ0v) is 9.90. The lowest BCUT2D eigenvalue weighted by molar-refractivity contribution is 0.0600. The Morgan fingerprint density at radius 1 is 1.31 bits per heavy atom. The Morgan fingerprint density at radius 3 is 2.44 bits per heavy atom. The summed E-state index contributed by atoms with van der Waals surface area (Å²) >= 11 is 0. The van der Waals surface area contributed by atoms with Crippen LogP contribution in [0.5, 0.6) is 0 Å². The third-order valence-electron chi connectivity index (χ3n) is 3.62. The van der Waals surface area contributed by atoms with Crippen molar-refractivity contribution < 1.29 is 9.53 Å². The molecule has 0 heterocycles. The fraction of sp³-hybridized carbons (Fsp3) is 0.500. The Morgan fingerprint density at radius 2 is 1.94 bits per heavy atom. The largest absolute Gasteiger partial charge is 0.465 e. The summed E-state index contributed by atoms with van der Waals surface area (Å²) in [4.78, 5) is 11.3. The lowest BCUT2D eigenvalue weighted by atomic mass is 9.70. The highest BCUT2D eigenvalue weighted by Gasteiger charge is 2.28. The van der Waals surface area contributed by atoms with Crippen LogP contribution in [-0.4, -0.2) is 13.1 Å². The first-order chi connectivity index (χ1) is 7.74. The average Bonchev–Trinajstić information content (AvgIpc) is 2.27. The van der Waals surface area contributed by atoms with Gasteiger partial charge in [0.15, 0.2) is 0 Å². The SMILES string of the molecule is CCC1CC(c2ccc(C(=O)OC)cc2)C1. The molecule has 1 saturated carbocycles. The molecule has 0 unspecified atom stereocenters. The predicted molar refractivity (Wildman–Crippen MR) is 63.5 cm³/mol. The van der Waals surface area contributed by atoms with E-state index in [1.54, 1.807) is 0 Å². The van der Waals surface area contributed by atoms with Gasteiger partial charge in [0.05, 0.1) is 12.7 Å². The predicted octanol–water partition coefficient (Wildman–Crippen LogP) is 3.38. The molecule has 1 aromatic rings. The van der Waals surface area contributed by atoms with Gasteiger partial charge in [-0.05, 0) is 42.4 Å². The molecule has 0 aromatic heterocycles. The maximum Gasteiger partial charge on any atom is 0.337 e. The zero-order chi connectivity index (χ0) is 11.5. The Bertz CT molecular complexity index is 361. The van der Waals surface area contributed by atoms with Crippen LogP contribution in [0.2, 0.25) is 0 Å². The van der Waals surface area contributed by atoms with Crippen LogP contribution in [0, 0.1) is 5.92 Å². The van der Waals surface area contributed by atoms with Crippen molar-refractivity contribution in [3.05, 3.63) is 35.4 Å².